The Morgan fingerprint density at radius 2 is 1.81 bits per heavy atom. The molecular formula is C23H23FN6O2. The third kappa shape index (κ3) is 4.41. The lowest BCUT2D eigenvalue weighted by atomic mass is 9.92. The zero-order chi connectivity index (χ0) is 22.9. The molecule has 0 saturated carbocycles. The second kappa shape index (κ2) is 8.33. The summed E-state index contributed by atoms with van der Waals surface area (Å²) in [6.45, 7) is 6.13. The van der Waals surface area contributed by atoms with E-state index in [1.54, 1.807) is 47.1 Å². The van der Waals surface area contributed by atoms with Crippen molar-refractivity contribution in [3.8, 4) is 5.69 Å². The molecule has 0 saturated heterocycles. The quantitative estimate of drug-likeness (QED) is 0.519. The van der Waals surface area contributed by atoms with Gasteiger partial charge in [0.05, 0.1) is 23.3 Å². The lowest BCUT2D eigenvalue weighted by Gasteiger charge is -2.14. The predicted octanol–water partition coefficient (Wildman–Crippen LogP) is 3.44. The number of anilines is 1. The number of carbonyl (C=O) groups is 1. The molecule has 0 aliphatic heterocycles. The first kappa shape index (κ1) is 21.4. The summed E-state index contributed by atoms with van der Waals surface area (Å²) in [6, 6.07) is 14.6. The van der Waals surface area contributed by atoms with Crippen LogP contribution in [0.2, 0.25) is 0 Å². The topological polar surface area (TPSA) is 94.7 Å². The number of carbonyl (C=O) groups excluding carboxylic acids is 1. The predicted molar refractivity (Wildman–Crippen MR) is 119 cm³/mol. The Morgan fingerprint density at radius 3 is 2.53 bits per heavy atom. The fraction of sp³-hybridized carbons (Fsp3) is 0.261. The number of nitrogens with zero attached hydrogens (tertiary/aromatic N) is 5. The fourth-order valence-corrected chi connectivity index (χ4v) is 3.20. The van der Waals surface area contributed by atoms with Crippen molar-refractivity contribution in [3.63, 3.8) is 0 Å². The molecule has 0 bridgehead atoms. The number of hydrogen-bond donors (Lipinski definition) is 1. The van der Waals surface area contributed by atoms with Crippen molar-refractivity contribution in [2.45, 2.75) is 39.2 Å². The first-order valence-corrected chi connectivity index (χ1v) is 10.2. The first-order valence-electron chi connectivity index (χ1n) is 10.2. The molecule has 0 fully saturated rings. The Balaban J connectivity index is 1.55. The van der Waals surface area contributed by atoms with Gasteiger partial charge in [0.2, 0.25) is 5.91 Å². The molecule has 0 spiro atoms. The molecular weight excluding hydrogens is 411 g/mol. The average molecular weight is 434 g/mol. The maximum atomic E-state index is 13.4. The van der Waals surface area contributed by atoms with Gasteiger partial charge in [0, 0.05) is 17.9 Å². The highest BCUT2D eigenvalue weighted by Gasteiger charge is 2.21. The number of amides is 1. The number of rotatable bonds is 5. The Labute approximate surface area is 183 Å². The lowest BCUT2D eigenvalue weighted by Crippen LogP contribution is -2.26. The van der Waals surface area contributed by atoms with Crippen LogP contribution in [0.5, 0.6) is 0 Å². The van der Waals surface area contributed by atoms with Crippen LogP contribution in [0.15, 0.2) is 59.4 Å². The van der Waals surface area contributed by atoms with Crippen molar-refractivity contribution in [1.29, 1.82) is 0 Å². The third-order valence-corrected chi connectivity index (χ3v) is 5.00. The van der Waals surface area contributed by atoms with Gasteiger partial charge in [-0.05, 0) is 36.4 Å². The summed E-state index contributed by atoms with van der Waals surface area (Å²) in [4.78, 5) is 25.2. The van der Waals surface area contributed by atoms with Gasteiger partial charge in [-0.1, -0.05) is 38.1 Å². The molecule has 0 radical (unpaired) electrons. The molecule has 1 N–H and O–H groups in total. The molecule has 2 aromatic carbocycles. The van der Waals surface area contributed by atoms with Gasteiger partial charge in [-0.3, -0.25) is 9.59 Å². The summed E-state index contributed by atoms with van der Waals surface area (Å²) in [7, 11) is 0. The summed E-state index contributed by atoms with van der Waals surface area (Å²) >= 11 is 0. The fourth-order valence-electron chi connectivity index (χ4n) is 3.20. The van der Waals surface area contributed by atoms with Crippen LogP contribution >= 0.6 is 0 Å². The zero-order valence-electron chi connectivity index (χ0n) is 18.0. The van der Waals surface area contributed by atoms with E-state index in [9.17, 15) is 14.0 Å². The first-order chi connectivity index (χ1) is 15.2. The van der Waals surface area contributed by atoms with Gasteiger partial charge in [0.25, 0.3) is 5.56 Å². The minimum absolute atomic E-state index is 0.0202. The summed E-state index contributed by atoms with van der Waals surface area (Å²) in [6.07, 6.45) is 0.0202. The molecule has 9 heteroatoms. The molecule has 0 unspecified atom stereocenters. The number of halogens is 1. The minimum atomic E-state index is -0.357. The standard InChI is InChI=1S/C23H23FN6O2/c1-23(2,3)19-14-20(30(27-19)16-10-8-15(24)9-11-16)25-21(31)12-13-29-22(32)17-6-4-5-7-18(17)26-28-29/h4-11,14H,12-13H2,1-3H3,(H,25,31). The highest BCUT2D eigenvalue weighted by Crippen LogP contribution is 2.26. The van der Waals surface area contributed by atoms with E-state index in [2.05, 4.69) is 20.7 Å². The van der Waals surface area contributed by atoms with Crippen LogP contribution in [0.3, 0.4) is 0 Å². The molecule has 32 heavy (non-hydrogen) atoms. The number of aryl methyl sites for hydroxylation is 1. The van der Waals surface area contributed by atoms with Crippen LogP contribution in [0.1, 0.15) is 32.9 Å². The minimum Gasteiger partial charge on any atom is -0.311 e. The van der Waals surface area contributed by atoms with Gasteiger partial charge in [0.15, 0.2) is 0 Å². The SMILES string of the molecule is CC(C)(C)c1cc(NC(=O)CCn2nnc3ccccc3c2=O)n(-c2ccc(F)cc2)n1. The van der Waals surface area contributed by atoms with Crippen LogP contribution in [0.4, 0.5) is 10.2 Å². The van der Waals surface area contributed by atoms with E-state index in [-0.39, 0.29) is 35.7 Å². The molecule has 164 valence electrons. The second-order valence-corrected chi connectivity index (χ2v) is 8.49. The zero-order valence-corrected chi connectivity index (χ0v) is 18.0. The van der Waals surface area contributed by atoms with E-state index in [4.69, 9.17) is 0 Å². The van der Waals surface area contributed by atoms with E-state index >= 15 is 0 Å². The van der Waals surface area contributed by atoms with Crippen LogP contribution in [-0.2, 0) is 16.8 Å². The molecule has 0 atom stereocenters. The van der Waals surface area contributed by atoms with Crippen LogP contribution < -0.4 is 10.9 Å². The van der Waals surface area contributed by atoms with Gasteiger partial charge in [-0.15, -0.1) is 5.10 Å². The van der Waals surface area contributed by atoms with Gasteiger partial charge < -0.3 is 5.32 Å². The Bertz CT molecular complexity index is 1340. The largest absolute Gasteiger partial charge is 0.311 e. The van der Waals surface area contributed by atoms with Crippen LogP contribution in [-0.4, -0.2) is 30.7 Å². The smallest absolute Gasteiger partial charge is 0.277 e. The monoisotopic (exact) mass is 434 g/mol. The second-order valence-electron chi connectivity index (χ2n) is 8.49. The maximum absolute atomic E-state index is 13.4. The van der Waals surface area contributed by atoms with Gasteiger partial charge in [0.1, 0.15) is 17.2 Å². The highest BCUT2D eigenvalue weighted by atomic mass is 19.1. The molecule has 2 heterocycles. The summed E-state index contributed by atoms with van der Waals surface area (Å²) in [5.41, 5.74) is 1.35. The molecule has 2 aromatic heterocycles. The van der Waals surface area contributed by atoms with E-state index in [0.29, 0.717) is 22.4 Å². The molecule has 4 rings (SSSR count). The van der Waals surface area contributed by atoms with Gasteiger partial charge in [-0.25, -0.2) is 13.8 Å². The van der Waals surface area contributed by atoms with Crippen molar-refractivity contribution in [2.24, 2.45) is 0 Å². The van der Waals surface area contributed by atoms with Crippen molar-refractivity contribution in [2.75, 3.05) is 5.32 Å². The highest BCUT2D eigenvalue weighted by molar-refractivity contribution is 5.90. The van der Waals surface area contributed by atoms with Crippen LogP contribution in [0.25, 0.3) is 16.6 Å². The number of hydrogen-bond acceptors (Lipinski definition) is 5. The summed E-state index contributed by atoms with van der Waals surface area (Å²) in [5, 5.41) is 15.8. The lowest BCUT2D eigenvalue weighted by molar-refractivity contribution is -0.116. The molecule has 8 nitrogen and oxygen atoms in total. The van der Waals surface area contributed by atoms with Gasteiger partial charge >= 0.3 is 0 Å². The molecule has 4 aromatic rings. The van der Waals surface area contributed by atoms with Gasteiger partial charge in [-0.2, -0.15) is 5.10 Å². The Hall–Kier alpha value is -3.88. The maximum Gasteiger partial charge on any atom is 0.277 e. The normalized spacial score (nSPS) is 11.6. The van der Waals surface area contributed by atoms with Crippen molar-refractivity contribution < 1.29 is 9.18 Å². The van der Waals surface area contributed by atoms with Crippen molar-refractivity contribution in [3.05, 3.63) is 76.5 Å². The molecule has 1 amide bonds. The third-order valence-electron chi connectivity index (χ3n) is 5.00. The Kier molecular flexibility index (Phi) is 5.56. The van der Waals surface area contributed by atoms with Crippen LogP contribution in [0, 0.1) is 5.82 Å². The average Bonchev–Trinajstić information content (AvgIpc) is 3.18. The number of benzene rings is 2. The summed E-state index contributed by atoms with van der Waals surface area (Å²) in [5.74, 6) is -0.205. The number of fused-ring (bicyclic) bond motifs is 1. The van der Waals surface area contributed by atoms with E-state index in [1.807, 2.05) is 20.8 Å². The number of nitrogens with one attached hydrogen (secondary N) is 1. The molecule has 0 aliphatic carbocycles. The molecule has 0 aliphatic rings. The van der Waals surface area contributed by atoms with E-state index in [0.717, 1.165) is 5.69 Å². The van der Waals surface area contributed by atoms with E-state index < -0.39 is 0 Å². The number of aromatic nitrogens is 5. The summed E-state index contributed by atoms with van der Waals surface area (Å²) < 4.78 is 16.1. The van der Waals surface area contributed by atoms with Crippen molar-refractivity contribution in [1.82, 2.24) is 24.8 Å². The Morgan fingerprint density at radius 1 is 1.09 bits per heavy atom. The van der Waals surface area contributed by atoms with Crippen molar-refractivity contribution >= 4 is 22.6 Å². The van der Waals surface area contributed by atoms with E-state index in [1.165, 1.54) is 16.8 Å².